The van der Waals surface area contributed by atoms with Gasteiger partial charge >= 0.3 is 12.1 Å². The van der Waals surface area contributed by atoms with Crippen LogP contribution in [-0.2, 0) is 11.3 Å². The second-order valence-corrected chi connectivity index (χ2v) is 6.61. The molecule has 0 fully saturated rings. The molecule has 0 aliphatic heterocycles. The highest BCUT2D eigenvalue weighted by Crippen LogP contribution is 2.35. The van der Waals surface area contributed by atoms with Gasteiger partial charge in [0, 0.05) is 11.4 Å². The summed E-state index contributed by atoms with van der Waals surface area (Å²) in [5.74, 6) is -1.88. The number of carboxylic acid groups (broad SMARTS) is 1. The van der Waals surface area contributed by atoms with Crippen LogP contribution in [0.15, 0.2) is 38.7 Å². The largest absolute Gasteiger partial charge is 0.490 e. The molecule has 0 saturated heterocycles. The molecule has 2 N–H and O–H groups in total. The number of nitrogens with one attached hydrogen (secondary N) is 1. The minimum atomic E-state index is -5.08. The van der Waals surface area contributed by atoms with Gasteiger partial charge in [-0.1, -0.05) is 11.6 Å². The van der Waals surface area contributed by atoms with E-state index < -0.39 is 12.1 Å². The topological polar surface area (TPSA) is 75.4 Å². The van der Waals surface area contributed by atoms with Gasteiger partial charge in [0.1, 0.15) is 10.9 Å². The monoisotopic (exact) mass is 456 g/mol. The second-order valence-electron chi connectivity index (χ2n) is 4.49. The van der Waals surface area contributed by atoms with Crippen LogP contribution in [0.25, 0.3) is 10.2 Å². The smallest absolute Gasteiger partial charge is 0.475 e. The highest BCUT2D eigenvalue weighted by atomic mass is 79.9. The van der Waals surface area contributed by atoms with Gasteiger partial charge in [0.15, 0.2) is 0 Å². The van der Waals surface area contributed by atoms with Crippen molar-refractivity contribution in [3.63, 3.8) is 0 Å². The summed E-state index contributed by atoms with van der Waals surface area (Å²) in [6, 6.07) is 5.63. The van der Waals surface area contributed by atoms with Crippen molar-refractivity contribution in [2.24, 2.45) is 0 Å². The third-order valence-electron chi connectivity index (χ3n) is 2.72. The predicted octanol–water partition coefficient (Wildman–Crippen LogP) is 5.55. The number of hydrogen-bond acceptors (Lipinski definition) is 5. The van der Waals surface area contributed by atoms with E-state index in [1.807, 2.05) is 23.6 Å². The van der Waals surface area contributed by atoms with E-state index in [-0.39, 0.29) is 0 Å². The van der Waals surface area contributed by atoms with E-state index in [1.165, 1.54) is 0 Å². The fourth-order valence-electron chi connectivity index (χ4n) is 1.68. The summed E-state index contributed by atoms with van der Waals surface area (Å²) in [7, 11) is 0. The van der Waals surface area contributed by atoms with Crippen LogP contribution < -0.4 is 5.32 Å². The number of nitrogens with zero attached hydrogens (tertiary/aromatic N) is 1. The van der Waals surface area contributed by atoms with Gasteiger partial charge in [0.05, 0.1) is 33.2 Å². The Balaban J connectivity index is 0.000000277. The van der Waals surface area contributed by atoms with Crippen LogP contribution in [0.1, 0.15) is 5.76 Å². The Labute approximate surface area is 156 Å². The van der Waals surface area contributed by atoms with Crippen molar-refractivity contribution >= 4 is 60.7 Å². The van der Waals surface area contributed by atoms with E-state index in [9.17, 15) is 13.2 Å². The van der Waals surface area contributed by atoms with Gasteiger partial charge in [-0.25, -0.2) is 9.78 Å². The number of carboxylic acids is 1. The van der Waals surface area contributed by atoms with E-state index >= 15 is 0 Å². The molecule has 25 heavy (non-hydrogen) atoms. The lowest BCUT2D eigenvalue weighted by Gasteiger charge is -2.06. The molecule has 3 aromatic heterocycles. The number of anilines is 1. The molecule has 0 bridgehead atoms. The Morgan fingerprint density at radius 1 is 1.48 bits per heavy atom. The van der Waals surface area contributed by atoms with Crippen molar-refractivity contribution in [1.82, 2.24) is 4.98 Å². The first-order valence-electron chi connectivity index (χ1n) is 6.48. The Kier molecular flexibility index (Phi) is 6.31. The first kappa shape index (κ1) is 19.5. The Bertz CT molecular complexity index is 868. The minimum Gasteiger partial charge on any atom is -0.475 e. The van der Waals surface area contributed by atoms with Gasteiger partial charge < -0.3 is 14.8 Å². The summed E-state index contributed by atoms with van der Waals surface area (Å²) < 4.78 is 39.1. The van der Waals surface area contributed by atoms with E-state index in [0.717, 1.165) is 26.1 Å². The first-order chi connectivity index (χ1) is 11.7. The van der Waals surface area contributed by atoms with Gasteiger partial charge in [0.25, 0.3) is 0 Å². The van der Waals surface area contributed by atoms with Gasteiger partial charge in [-0.05, 0) is 28.1 Å². The summed E-state index contributed by atoms with van der Waals surface area (Å²) in [6.45, 7) is 0.623. The molecule has 3 aromatic rings. The lowest BCUT2D eigenvalue weighted by Crippen LogP contribution is -2.21. The third kappa shape index (κ3) is 5.35. The number of aliphatic carboxylic acids is 1. The summed E-state index contributed by atoms with van der Waals surface area (Å²) in [5.41, 5.74) is 1.85. The van der Waals surface area contributed by atoms with E-state index in [4.69, 9.17) is 25.9 Å². The van der Waals surface area contributed by atoms with Crippen LogP contribution in [-0.4, -0.2) is 22.2 Å². The van der Waals surface area contributed by atoms with E-state index in [2.05, 4.69) is 26.2 Å². The van der Waals surface area contributed by atoms with Crippen LogP contribution in [0.3, 0.4) is 0 Å². The molecule has 0 aliphatic carbocycles. The summed E-state index contributed by atoms with van der Waals surface area (Å²) in [4.78, 5) is 13.2. The summed E-state index contributed by atoms with van der Waals surface area (Å²) in [6.07, 6.45) is -3.42. The molecule has 0 saturated carbocycles. The van der Waals surface area contributed by atoms with Crippen molar-refractivity contribution in [3.8, 4) is 0 Å². The molecule has 0 atom stereocenters. The van der Waals surface area contributed by atoms with Crippen molar-refractivity contribution < 1.29 is 27.5 Å². The number of hydrogen-bond donors (Lipinski definition) is 2. The maximum atomic E-state index is 10.6. The number of aromatic nitrogens is 1. The van der Waals surface area contributed by atoms with Crippen LogP contribution in [0.5, 0.6) is 0 Å². The zero-order chi connectivity index (χ0) is 18.6. The Morgan fingerprint density at radius 3 is 2.72 bits per heavy atom. The Hall–Kier alpha value is -1.78. The van der Waals surface area contributed by atoms with Gasteiger partial charge in [0.2, 0.25) is 0 Å². The minimum absolute atomic E-state index is 0.476. The standard InChI is InChI=1S/C12H8BrClN2OS.C2HF3O2/c13-8-6-18-12-9(4-10(14)16-11(8)12)15-5-7-2-1-3-17-7;3-2(4,5)1(6)7/h1-4,6H,5H2,(H,15,16);(H,6,7). The lowest BCUT2D eigenvalue weighted by molar-refractivity contribution is -0.192. The van der Waals surface area contributed by atoms with E-state index in [0.29, 0.717) is 11.7 Å². The summed E-state index contributed by atoms with van der Waals surface area (Å²) in [5, 5.41) is 12.9. The quantitative estimate of drug-likeness (QED) is 0.504. The Morgan fingerprint density at radius 2 is 2.16 bits per heavy atom. The molecule has 0 amide bonds. The molecule has 0 radical (unpaired) electrons. The molecule has 0 spiro atoms. The van der Waals surface area contributed by atoms with Crippen LogP contribution >= 0.6 is 38.9 Å². The average Bonchev–Trinajstić information content (AvgIpc) is 3.15. The van der Waals surface area contributed by atoms with Crippen molar-refractivity contribution in [2.45, 2.75) is 12.7 Å². The number of thiophene rings is 1. The van der Waals surface area contributed by atoms with Gasteiger partial charge in [-0.15, -0.1) is 11.3 Å². The molecule has 11 heteroatoms. The number of fused-ring (bicyclic) bond motifs is 1. The van der Waals surface area contributed by atoms with Crippen LogP contribution in [0, 0.1) is 0 Å². The number of pyridine rings is 1. The average molecular weight is 458 g/mol. The SMILES string of the molecule is Clc1cc(NCc2ccco2)c2scc(Br)c2n1.O=C(O)C(F)(F)F. The zero-order valence-electron chi connectivity index (χ0n) is 12.1. The number of halogens is 5. The molecule has 3 heterocycles. The maximum Gasteiger partial charge on any atom is 0.490 e. The normalized spacial score (nSPS) is 11.1. The summed E-state index contributed by atoms with van der Waals surface area (Å²) >= 11 is 11.1. The van der Waals surface area contributed by atoms with Crippen molar-refractivity contribution in [3.05, 3.63) is 45.2 Å². The first-order valence-corrected chi connectivity index (χ1v) is 8.53. The fraction of sp³-hybridized carbons (Fsp3) is 0.143. The number of carbonyl (C=O) groups is 1. The van der Waals surface area contributed by atoms with Crippen molar-refractivity contribution in [1.29, 1.82) is 0 Å². The van der Waals surface area contributed by atoms with Crippen molar-refractivity contribution in [2.75, 3.05) is 5.32 Å². The lowest BCUT2D eigenvalue weighted by atomic mass is 10.3. The highest BCUT2D eigenvalue weighted by Gasteiger charge is 2.38. The third-order valence-corrected chi connectivity index (χ3v) is 4.83. The van der Waals surface area contributed by atoms with Gasteiger partial charge in [-0.2, -0.15) is 13.2 Å². The van der Waals surface area contributed by atoms with Gasteiger partial charge in [-0.3, -0.25) is 0 Å². The molecule has 0 unspecified atom stereocenters. The molecule has 3 rings (SSSR count). The molecule has 0 aromatic carbocycles. The number of alkyl halides is 3. The molecule has 5 nitrogen and oxygen atoms in total. The second kappa shape index (κ2) is 8.07. The molecular weight excluding hydrogens is 449 g/mol. The van der Waals surface area contributed by atoms with Crippen LogP contribution in [0.4, 0.5) is 18.9 Å². The predicted molar refractivity (Wildman–Crippen MR) is 92.1 cm³/mol. The zero-order valence-corrected chi connectivity index (χ0v) is 15.3. The van der Waals surface area contributed by atoms with E-state index in [1.54, 1.807) is 17.6 Å². The number of furan rings is 1. The molecular formula is C14H9BrClF3N2O3S. The maximum absolute atomic E-state index is 10.6. The highest BCUT2D eigenvalue weighted by molar-refractivity contribution is 9.10. The fourth-order valence-corrected chi connectivity index (χ4v) is 3.43. The molecule has 0 aliphatic rings. The number of rotatable bonds is 3. The van der Waals surface area contributed by atoms with Crippen LogP contribution in [0.2, 0.25) is 5.15 Å². The molecule has 134 valence electrons.